The van der Waals surface area contributed by atoms with E-state index in [9.17, 15) is 0 Å². The second kappa shape index (κ2) is 4.26. The minimum Gasteiger partial charge on any atom is -0.359 e. The standard InChI is InChI=1S/C13H22O2/c1-13(2)11-5-4-10(8-11)12(13)6-7-15-9-14-3/h6,10-11H,4-5,7-9H2,1-3H3. The molecule has 2 nitrogen and oxygen atoms in total. The van der Waals surface area contributed by atoms with Gasteiger partial charge in [-0.1, -0.05) is 25.5 Å². The van der Waals surface area contributed by atoms with Crippen molar-refractivity contribution in [2.75, 3.05) is 20.5 Å². The highest BCUT2D eigenvalue weighted by Gasteiger charge is 2.48. The SMILES string of the molecule is COCOCC=C1C2CCC(C2)C1(C)C. The molecule has 0 amide bonds. The Balaban J connectivity index is 1.96. The predicted octanol–water partition coefficient (Wildman–Crippen LogP) is 2.99. The number of methoxy groups -OCH3 is 1. The highest BCUT2D eigenvalue weighted by Crippen LogP contribution is 2.58. The summed E-state index contributed by atoms with van der Waals surface area (Å²) in [6.45, 7) is 5.88. The van der Waals surface area contributed by atoms with Gasteiger partial charge in [-0.25, -0.2) is 0 Å². The summed E-state index contributed by atoms with van der Waals surface area (Å²) in [5, 5.41) is 0. The number of hydrogen-bond acceptors (Lipinski definition) is 2. The van der Waals surface area contributed by atoms with E-state index < -0.39 is 0 Å². The van der Waals surface area contributed by atoms with Crippen LogP contribution < -0.4 is 0 Å². The van der Waals surface area contributed by atoms with Crippen molar-refractivity contribution in [3.8, 4) is 0 Å². The van der Waals surface area contributed by atoms with E-state index in [1.807, 2.05) is 0 Å². The lowest BCUT2D eigenvalue weighted by Gasteiger charge is -2.32. The lowest BCUT2D eigenvalue weighted by Crippen LogP contribution is -2.23. The second-order valence-corrected chi connectivity index (χ2v) is 5.37. The van der Waals surface area contributed by atoms with Crippen molar-refractivity contribution in [3.63, 3.8) is 0 Å². The first kappa shape index (κ1) is 11.2. The average molecular weight is 210 g/mol. The minimum atomic E-state index is 0.401. The summed E-state index contributed by atoms with van der Waals surface area (Å²) >= 11 is 0. The lowest BCUT2D eigenvalue weighted by atomic mass is 9.73. The van der Waals surface area contributed by atoms with Crippen LogP contribution in [0, 0.1) is 17.3 Å². The largest absolute Gasteiger partial charge is 0.359 e. The summed E-state index contributed by atoms with van der Waals surface area (Å²) in [5.41, 5.74) is 2.05. The molecule has 2 rings (SSSR count). The van der Waals surface area contributed by atoms with Gasteiger partial charge in [-0.2, -0.15) is 0 Å². The number of fused-ring (bicyclic) bond motifs is 2. The predicted molar refractivity (Wildman–Crippen MR) is 60.5 cm³/mol. The van der Waals surface area contributed by atoms with Crippen LogP contribution in [0.3, 0.4) is 0 Å². The average Bonchev–Trinajstić information content (AvgIpc) is 2.73. The van der Waals surface area contributed by atoms with E-state index >= 15 is 0 Å². The molecule has 15 heavy (non-hydrogen) atoms. The van der Waals surface area contributed by atoms with Crippen LogP contribution in [0.4, 0.5) is 0 Å². The van der Waals surface area contributed by atoms with Crippen molar-refractivity contribution in [2.24, 2.45) is 17.3 Å². The van der Waals surface area contributed by atoms with Gasteiger partial charge in [0.15, 0.2) is 0 Å². The first-order valence-corrected chi connectivity index (χ1v) is 5.93. The maximum absolute atomic E-state index is 5.35. The molecule has 0 radical (unpaired) electrons. The first-order valence-electron chi connectivity index (χ1n) is 5.93. The van der Waals surface area contributed by atoms with Crippen LogP contribution >= 0.6 is 0 Å². The molecule has 0 heterocycles. The summed E-state index contributed by atoms with van der Waals surface area (Å²) in [5.74, 6) is 1.76. The lowest BCUT2D eigenvalue weighted by molar-refractivity contribution is -0.0191. The monoisotopic (exact) mass is 210 g/mol. The van der Waals surface area contributed by atoms with Crippen LogP contribution in [0.2, 0.25) is 0 Å². The number of allylic oxidation sites excluding steroid dienone is 1. The maximum atomic E-state index is 5.35. The quantitative estimate of drug-likeness (QED) is 0.403. The van der Waals surface area contributed by atoms with Crippen LogP contribution in [-0.2, 0) is 9.47 Å². The van der Waals surface area contributed by atoms with Crippen molar-refractivity contribution in [1.82, 2.24) is 0 Å². The van der Waals surface area contributed by atoms with Gasteiger partial charge in [0.25, 0.3) is 0 Å². The molecule has 0 N–H and O–H groups in total. The van der Waals surface area contributed by atoms with Crippen molar-refractivity contribution >= 4 is 0 Å². The fraction of sp³-hybridized carbons (Fsp3) is 0.846. The fourth-order valence-corrected chi connectivity index (χ4v) is 3.39. The van der Waals surface area contributed by atoms with Crippen LogP contribution in [0.1, 0.15) is 33.1 Å². The highest BCUT2D eigenvalue weighted by atomic mass is 16.7. The Morgan fingerprint density at radius 1 is 1.40 bits per heavy atom. The molecule has 2 fully saturated rings. The highest BCUT2D eigenvalue weighted by molar-refractivity contribution is 5.26. The number of hydrogen-bond donors (Lipinski definition) is 0. The zero-order chi connectivity index (χ0) is 10.9. The van der Waals surface area contributed by atoms with E-state index in [1.54, 1.807) is 12.7 Å². The molecule has 86 valence electrons. The topological polar surface area (TPSA) is 18.5 Å². The summed E-state index contributed by atoms with van der Waals surface area (Å²) in [6.07, 6.45) is 6.52. The molecule has 2 aliphatic carbocycles. The Labute approximate surface area is 92.6 Å². The molecule has 0 aliphatic heterocycles. The van der Waals surface area contributed by atoms with Gasteiger partial charge in [0.05, 0.1) is 6.61 Å². The smallest absolute Gasteiger partial charge is 0.146 e. The van der Waals surface area contributed by atoms with E-state index in [2.05, 4.69) is 19.9 Å². The second-order valence-electron chi connectivity index (χ2n) is 5.37. The van der Waals surface area contributed by atoms with E-state index in [4.69, 9.17) is 9.47 Å². The Kier molecular flexibility index (Phi) is 3.17. The zero-order valence-corrected chi connectivity index (χ0v) is 10.1. The van der Waals surface area contributed by atoms with Crippen LogP contribution in [0.25, 0.3) is 0 Å². The molecule has 2 heteroatoms. The van der Waals surface area contributed by atoms with Gasteiger partial charge >= 0.3 is 0 Å². The summed E-state index contributed by atoms with van der Waals surface area (Å²) in [4.78, 5) is 0. The summed E-state index contributed by atoms with van der Waals surface area (Å²) < 4.78 is 10.2. The van der Waals surface area contributed by atoms with Crippen molar-refractivity contribution in [3.05, 3.63) is 11.6 Å². The molecule has 0 spiro atoms. The molecule has 0 aromatic heterocycles. The third-order valence-electron chi connectivity index (χ3n) is 4.26. The van der Waals surface area contributed by atoms with Gasteiger partial charge in [-0.3, -0.25) is 0 Å². The Hall–Kier alpha value is -0.340. The first-order chi connectivity index (χ1) is 7.16. The third kappa shape index (κ3) is 1.98. The van der Waals surface area contributed by atoms with Gasteiger partial charge in [0.1, 0.15) is 6.79 Å². The molecule has 2 unspecified atom stereocenters. The van der Waals surface area contributed by atoms with Crippen molar-refractivity contribution < 1.29 is 9.47 Å². The van der Waals surface area contributed by atoms with Crippen LogP contribution in [-0.4, -0.2) is 20.5 Å². The van der Waals surface area contributed by atoms with Gasteiger partial charge < -0.3 is 9.47 Å². The van der Waals surface area contributed by atoms with E-state index in [1.165, 1.54) is 19.3 Å². The van der Waals surface area contributed by atoms with E-state index in [0.717, 1.165) is 11.8 Å². The minimum absolute atomic E-state index is 0.401. The number of ether oxygens (including phenoxy) is 2. The summed E-state index contributed by atoms with van der Waals surface area (Å²) in [7, 11) is 1.66. The normalized spacial score (nSPS) is 35.3. The molecular weight excluding hydrogens is 188 g/mol. The molecular formula is C13H22O2. The zero-order valence-electron chi connectivity index (χ0n) is 10.1. The van der Waals surface area contributed by atoms with Crippen LogP contribution in [0.5, 0.6) is 0 Å². The Bertz CT molecular complexity index is 255. The van der Waals surface area contributed by atoms with Crippen LogP contribution in [0.15, 0.2) is 11.6 Å². The van der Waals surface area contributed by atoms with E-state index in [0.29, 0.717) is 18.8 Å². The maximum Gasteiger partial charge on any atom is 0.146 e. The molecule has 2 atom stereocenters. The molecule has 0 aromatic rings. The van der Waals surface area contributed by atoms with Gasteiger partial charge in [-0.15, -0.1) is 0 Å². The molecule has 2 aliphatic rings. The summed E-state index contributed by atoms with van der Waals surface area (Å²) in [6, 6.07) is 0. The van der Waals surface area contributed by atoms with Gasteiger partial charge in [-0.05, 0) is 36.5 Å². The molecule has 0 saturated heterocycles. The Morgan fingerprint density at radius 3 is 2.80 bits per heavy atom. The number of rotatable bonds is 4. The fourth-order valence-electron chi connectivity index (χ4n) is 3.39. The van der Waals surface area contributed by atoms with E-state index in [-0.39, 0.29) is 0 Å². The molecule has 2 saturated carbocycles. The van der Waals surface area contributed by atoms with Gasteiger partial charge in [0.2, 0.25) is 0 Å². The Morgan fingerprint density at radius 2 is 2.20 bits per heavy atom. The molecule has 2 bridgehead atoms. The van der Waals surface area contributed by atoms with Crippen molar-refractivity contribution in [1.29, 1.82) is 0 Å². The third-order valence-corrected chi connectivity index (χ3v) is 4.26. The molecule has 0 aromatic carbocycles. The van der Waals surface area contributed by atoms with Crippen molar-refractivity contribution in [2.45, 2.75) is 33.1 Å². The van der Waals surface area contributed by atoms with Gasteiger partial charge in [0, 0.05) is 7.11 Å².